The largest absolute Gasteiger partial charge is 0.468 e. The minimum atomic E-state index is -0.649. The lowest BCUT2D eigenvalue weighted by Crippen LogP contribution is -2.53. The van der Waals surface area contributed by atoms with Gasteiger partial charge in [0.05, 0.1) is 19.8 Å². The second-order valence-electron chi connectivity index (χ2n) is 8.97. The molecule has 3 atom stereocenters. The summed E-state index contributed by atoms with van der Waals surface area (Å²) in [6.45, 7) is 2.50. The molecule has 32 heavy (non-hydrogen) atoms. The molecular weight excluding hydrogens is 410 g/mol. The van der Waals surface area contributed by atoms with Gasteiger partial charge in [0.2, 0.25) is 0 Å². The maximum absolute atomic E-state index is 13.0. The first-order valence-corrected chi connectivity index (χ1v) is 11.9. The van der Waals surface area contributed by atoms with Crippen molar-refractivity contribution in [2.75, 3.05) is 31.8 Å². The van der Waals surface area contributed by atoms with E-state index >= 15 is 0 Å². The number of aromatic nitrogens is 2. The number of ether oxygens (including phenoxy) is 1. The molecule has 0 aromatic carbocycles. The summed E-state index contributed by atoms with van der Waals surface area (Å²) >= 11 is 0. The summed E-state index contributed by atoms with van der Waals surface area (Å²) in [5.74, 6) is 0.390. The highest BCUT2D eigenvalue weighted by atomic mass is 16.5. The molecule has 176 valence electrons. The highest BCUT2D eigenvalue weighted by Crippen LogP contribution is 2.28. The third-order valence-electron chi connectivity index (χ3n) is 6.88. The number of esters is 1. The fourth-order valence-corrected chi connectivity index (χ4v) is 5.06. The zero-order valence-corrected chi connectivity index (χ0v) is 18.8. The van der Waals surface area contributed by atoms with Crippen LogP contribution in [0.2, 0.25) is 0 Å². The molecule has 4 rings (SSSR count). The lowest BCUT2D eigenvalue weighted by Gasteiger charge is -2.29. The van der Waals surface area contributed by atoms with Crippen LogP contribution in [0.25, 0.3) is 0 Å². The fraction of sp³-hybridized carbons (Fsp3) is 0.727. The summed E-state index contributed by atoms with van der Waals surface area (Å²) in [6.07, 6.45) is 9.56. The molecule has 4 N–H and O–H groups in total. The molecule has 1 saturated carbocycles. The average Bonchev–Trinajstić information content (AvgIpc) is 3.51. The van der Waals surface area contributed by atoms with Crippen LogP contribution in [0.1, 0.15) is 61.9 Å². The van der Waals surface area contributed by atoms with Crippen LogP contribution in [0.5, 0.6) is 0 Å². The molecule has 0 spiro atoms. The van der Waals surface area contributed by atoms with Gasteiger partial charge in [-0.25, -0.2) is 5.43 Å². The minimum Gasteiger partial charge on any atom is -0.468 e. The molecule has 3 unspecified atom stereocenters. The van der Waals surface area contributed by atoms with E-state index in [4.69, 9.17) is 4.74 Å². The third-order valence-corrected chi connectivity index (χ3v) is 6.88. The second-order valence-corrected chi connectivity index (χ2v) is 8.97. The molecule has 10 nitrogen and oxygen atoms in total. The van der Waals surface area contributed by atoms with Gasteiger partial charge in [0.1, 0.15) is 6.04 Å². The van der Waals surface area contributed by atoms with Gasteiger partial charge in [0.15, 0.2) is 11.5 Å². The summed E-state index contributed by atoms with van der Waals surface area (Å²) in [6, 6.07) is 2.38. The van der Waals surface area contributed by atoms with E-state index in [1.165, 1.54) is 45.6 Å². The van der Waals surface area contributed by atoms with Crippen molar-refractivity contribution in [3.05, 3.63) is 17.8 Å². The standard InChI is InChI=1S/C22H35N7O3/c1-32-22(31)20-19(18(27-28-20)15-8-6-4-2-3-5-7-9-15)24-21(30)16-10-11-17(26-25-16)29-13-12-23-14-29/h10-11,15,18-20,23,27-28H,2-9,12-14H2,1H3,(H,24,30). The Labute approximate surface area is 189 Å². The van der Waals surface area contributed by atoms with Crippen LogP contribution in [0, 0.1) is 5.92 Å². The van der Waals surface area contributed by atoms with Crippen LogP contribution in [0.3, 0.4) is 0 Å². The number of hydrogen-bond donors (Lipinski definition) is 4. The first-order valence-electron chi connectivity index (χ1n) is 11.9. The van der Waals surface area contributed by atoms with Crippen LogP contribution < -0.4 is 26.4 Å². The van der Waals surface area contributed by atoms with Crippen molar-refractivity contribution in [1.29, 1.82) is 0 Å². The van der Waals surface area contributed by atoms with Gasteiger partial charge in [-0.15, -0.1) is 10.2 Å². The number of anilines is 1. The Kier molecular flexibility index (Phi) is 7.88. The zero-order valence-electron chi connectivity index (χ0n) is 18.8. The highest BCUT2D eigenvalue weighted by molar-refractivity contribution is 5.93. The molecule has 1 aromatic rings. The van der Waals surface area contributed by atoms with Crippen LogP contribution in [0.4, 0.5) is 5.82 Å². The number of amides is 1. The van der Waals surface area contributed by atoms with Crippen LogP contribution in [0.15, 0.2) is 12.1 Å². The summed E-state index contributed by atoms with van der Waals surface area (Å²) in [5, 5.41) is 14.7. The van der Waals surface area contributed by atoms with Crippen molar-refractivity contribution in [1.82, 2.24) is 31.7 Å². The van der Waals surface area contributed by atoms with E-state index in [1.54, 1.807) is 6.07 Å². The van der Waals surface area contributed by atoms with E-state index in [0.717, 1.165) is 38.4 Å². The van der Waals surface area contributed by atoms with E-state index in [0.29, 0.717) is 5.92 Å². The van der Waals surface area contributed by atoms with E-state index in [9.17, 15) is 9.59 Å². The molecule has 2 saturated heterocycles. The summed E-state index contributed by atoms with van der Waals surface area (Å²) in [4.78, 5) is 27.5. The van der Waals surface area contributed by atoms with Crippen molar-refractivity contribution < 1.29 is 14.3 Å². The number of methoxy groups -OCH3 is 1. The van der Waals surface area contributed by atoms with Gasteiger partial charge in [-0.2, -0.15) is 0 Å². The lowest BCUT2D eigenvalue weighted by atomic mass is 9.84. The second kappa shape index (κ2) is 11.0. The van der Waals surface area contributed by atoms with Crippen LogP contribution in [-0.4, -0.2) is 67.1 Å². The number of hydrogen-bond acceptors (Lipinski definition) is 9. The average molecular weight is 446 g/mol. The maximum Gasteiger partial charge on any atom is 0.326 e. The SMILES string of the molecule is COC(=O)C1NNC(C2CCCCCCCC2)C1NC(=O)c1ccc(N2CCNC2)nn1. The van der Waals surface area contributed by atoms with E-state index in [-0.39, 0.29) is 17.6 Å². The van der Waals surface area contributed by atoms with Crippen molar-refractivity contribution in [2.45, 2.75) is 69.5 Å². The zero-order chi connectivity index (χ0) is 22.3. The van der Waals surface area contributed by atoms with Crippen LogP contribution in [-0.2, 0) is 9.53 Å². The smallest absolute Gasteiger partial charge is 0.326 e. The Hall–Kier alpha value is -2.30. The monoisotopic (exact) mass is 445 g/mol. The van der Waals surface area contributed by atoms with Crippen molar-refractivity contribution in [3.8, 4) is 0 Å². The molecule has 0 radical (unpaired) electrons. The number of rotatable bonds is 5. The van der Waals surface area contributed by atoms with Gasteiger partial charge in [-0.05, 0) is 30.9 Å². The minimum absolute atomic E-state index is 0.0518. The molecule has 3 aliphatic rings. The van der Waals surface area contributed by atoms with Crippen LogP contribution >= 0.6 is 0 Å². The molecule has 0 bridgehead atoms. The van der Waals surface area contributed by atoms with Crippen molar-refractivity contribution >= 4 is 17.7 Å². The number of carbonyl (C=O) groups is 2. The molecule has 1 aromatic heterocycles. The Balaban J connectivity index is 1.47. The van der Waals surface area contributed by atoms with Crippen molar-refractivity contribution in [3.63, 3.8) is 0 Å². The van der Waals surface area contributed by atoms with Gasteiger partial charge in [0, 0.05) is 19.1 Å². The maximum atomic E-state index is 13.0. The molecular formula is C22H35N7O3. The van der Waals surface area contributed by atoms with Crippen molar-refractivity contribution in [2.24, 2.45) is 5.92 Å². The number of nitrogens with one attached hydrogen (secondary N) is 4. The summed E-state index contributed by atoms with van der Waals surface area (Å²) < 4.78 is 4.99. The van der Waals surface area contributed by atoms with E-state index in [1.807, 2.05) is 6.07 Å². The van der Waals surface area contributed by atoms with Gasteiger partial charge >= 0.3 is 5.97 Å². The Morgan fingerprint density at radius 3 is 2.44 bits per heavy atom. The number of nitrogens with zero attached hydrogens (tertiary/aromatic N) is 3. The molecule has 3 fully saturated rings. The van der Waals surface area contributed by atoms with Gasteiger partial charge in [0.25, 0.3) is 5.91 Å². The molecule has 3 heterocycles. The summed E-state index contributed by atoms with van der Waals surface area (Å²) in [5.41, 5.74) is 6.61. The normalized spacial score (nSPS) is 27.4. The quantitative estimate of drug-likeness (QED) is 0.486. The van der Waals surface area contributed by atoms with Gasteiger partial charge < -0.3 is 15.0 Å². The Morgan fingerprint density at radius 2 is 1.81 bits per heavy atom. The summed E-state index contributed by atoms with van der Waals surface area (Å²) in [7, 11) is 1.37. The predicted molar refractivity (Wildman–Crippen MR) is 120 cm³/mol. The van der Waals surface area contributed by atoms with Gasteiger partial charge in [-0.3, -0.25) is 20.3 Å². The fourth-order valence-electron chi connectivity index (χ4n) is 5.06. The number of hydrazine groups is 1. The first-order chi connectivity index (χ1) is 15.7. The Bertz CT molecular complexity index is 759. The number of carbonyl (C=O) groups excluding carboxylic acids is 2. The van der Waals surface area contributed by atoms with E-state index in [2.05, 4.69) is 36.6 Å². The third kappa shape index (κ3) is 5.36. The Morgan fingerprint density at radius 1 is 1.06 bits per heavy atom. The van der Waals surface area contributed by atoms with Gasteiger partial charge in [-0.1, -0.05) is 38.5 Å². The first kappa shape index (κ1) is 22.9. The molecule has 1 amide bonds. The topological polar surface area (TPSA) is 121 Å². The lowest BCUT2D eigenvalue weighted by molar-refractivity contribution is -0.143. The molecule has 10 heteroatoms. The van der Waals surface area contributed by atoms with E-state index < -0.39 is 18.1 Å². The highest BCUT2D eigenvalue weighted by Gasteiger charge is 2.45. The molecule has 1 aliphatic carbocycles. The molecule has 2 aliphatic heterocycles. The predicted octanol–water partition coefficient (Wildman–Crippen LogP) is 0.711.